The summed E-state index contributed by atoms with van der Waals surface area (Å²) in [6.07, 6.45) is -3.31. The quantitative estimate of drug-likeness (QED) is 0.864. The second-order valence-corrected chi connectivity index (χ2v) is 4.62. The van der Waals surface area contributed by atoms with Gasteiger partial charge >= 0.3 is 6.18 Å². The summed E-state index contributed by atoms with van der Waals surface area (Å²) < 4.78 is 40.7. The van der Waals surface area contributed by atoms with E-state index in [-0.39, 0.29) is 11.4 Å². The number of hydrogen-bond acceptors (Lipinski definition) is 5. The topological polar surface area (TPSA) is 66.3 Å². The molecule has 1 aromatic rings. The maximum absolute atomic E-state index is 12.4. The first kappa shape index (κ1) is 15.8. The molecular formula is C10H14F3N3O2S. The van der Waals surface area contributed by atoms with Crippen LogP contribution in [0.5, 0.6) is 0 Å². The zero-order chi connectivity index (χ0) is 14.5. The smallest absolute Gasteiger partial charge is 0.395 e. The van der Waals surface area contributed by atoms with Crippen LogP contribution in [0.2, 0.25) is 0 Å². The Labute approximate surface area is 112 Å². The molecule has 19 heavy (non-hydrogen) atoms. The molecule has 0 aromatic carbocycles. The maximum Gasteiger partial charge on any atom is 0.406 e. The van der Waals surface area contributed by atoms with Gasteiger partial charge in [-0.15, -0.1) is 5.10 Å². The highest BCUT2D eigenvalue weighted by atomic mass is 32.1. The normalized spacial score (nSPS) is 11.6. The standard InChI is InChI=1S/C10H14F3N3O2S/c1-2-3-7-8(19-15-14-7)9(18)16(4-5-17)6-10(11,12)13/h17H,2-6H2,1H3. The molecule has 1 aromatic heterocycles. The van der Waals surface area contributed by atoms with Crippen molar-refractivity contribution in [2.75, 3.05) is 19.7 Å². The summed E-state index contributed by atoms with van der Waals surface area (Å²) in [5, 5.41) is 12.5. The third-order valence-corrected chi connectivity index (χ3v) is 3.02. The number of aromatic nitrogens is 2. The summed E-state index contributed by atoms with van der Waals surface area (Å²) in [4.78, 5) is 12.7. The first-order valence-electron chi connectivity index (χ1n) is 5.67. The highest BCUT2D eigenvalue weighted by Gasteiger charge is 2.34. The van der Waals surface area contributed by atoms with E-state index in [0.29, 0.717) is 23.4 Å². The molecule has 9 heteroatoms. The SMILES string of the molecule is CCCc1nnsc1C(=O)N(CCO)CC(F)(F)F. The Balaban J connectivity index is 2.89. The van der Waals surface area contributed by atoms with Gasteiger partial charge in [-0.05, 0) is 18.0 Å². The number of aliphatic hydroxyl groups excluding tert-OH is 1. The lowest BCUT2D eigenvalue weighted by Gasteiger charge is -2.22. The molecule has 1 N–H and O–H groups in total. The van der Waals surface area contributed by atoms with Crippen molar-refractivity contribution in [1.82, 2.24) is 14.5 Å². The molecule has 0 spiro atoms. The minimum absolute atomic E-state index is 0.111. The van der Waals surface area contributed by atoms with Crippen LogP contribution in [0, 0.1) is 0 Å². The van der Waals surface area contributed by atoms with E-state index in [1.54, 1.807) is 0 Å². The molecule has 0 aliphatic carbocycles. The lowest BCUT2D eigenvalue weighted by Crippen LogP contribution is -2.40. The lowest BCUT2D eigenvalue weighted by molar-refractivity contribution is -0.141. The van der Waals surface area contributed by atoms with E-state index in [9.17, 15) is 18.0 Å². The van der Waals surface area contributed by atoms with Crippen LogP contribution in [0.4, 0.5) is 13.2 Å². The minimum Gasteiger partial charge on any atom is -0.395 e. The predicted molar refractivity (Wildman–Crippen MR) is 62.9 cm³/mol. The Hall–Kier alpha value is -1.22. The van der Waals surface area contributed by atoms with Gasteiger partial charge in [-0.3, -0.25) is 4.79 Å². The number of halogens is 3. The van der Waals surface area contributed by atoms with Gasteiger partial charge in [-0.25, -0.2) is 0 Å². The maximum atomic E-state index is 12.4. The van der Waals surface area contributed by atoms with Crippen LogP contribution in [-0.2, 0) is 6.42 Å². The number of rotatable bonds is 6. The van der Waals surface area contributed by atoms with Crippen LogP contribution in [0.3, 0.4) is 0 Å². The Morgan fingerprint density at radius 2 is 2.16 bits per heavy atom. The Bertz CT molecular complexity index is 422. The molecular weight excluding hydrogens is 283 g/mol. The molecule has 0 saturated carbocycles. The molecule has 0 fully saturated rings. The predicted octanol–water partition coefficient (Wildman–Crippen LogP) is 1.49. The number of carbonyl (C=O) groups is 1. The van der Waals surface area contributed by atoms with E-state index in [0.717, 1.165) is 11.5 Å². The van der Waals surface area contributed by atoms with Crippen molar-refractivity contribution >= 4 is 17.4 Å². The second kappa shape index (κ2) is 6.80. The minimum atomic E-state index is -4.51. The molecule has 0 atom stereocenters. The number of nitrogens with zero attached hydrogens (tertiary/aromatic N) is 3. The van der Waals surface area contributed by atoms with E-state index in [1.165, 1.54) is 0 Å². The van der Waals surface area contributed by atoms with Crippen molar-refractivity contribution in [1.29, 1.82) is 0 Å². The fourth-order valence-electron chi connectivity index (χ4n) is 1.50. The van der Waals surface area contributed by atoms with Gasteiger partial charge in [0.25, 0.3) is 5.91 Å². The Morgan fingerprint density at radius 1 is 1.47 bits per heavy atom. The zero-order valence-electron chi connectivity index (χ0n) is 10.3. The molecule has 1 heterocycles. The van der Waals surface area contributed by atoms with Crippen LogP contribution in [-0.4, -0.2) is 51.4 Å². The summed E-state index contributed by atoms with van der Waals surface area (Å²) in [5.74, 6) is -0.787. The van der Waals surface area contributed by atoms with E-state index >= 15 is 0 Å². The molecule has 0 saturated heterocycles. The van der Waals surface area contributed by atoms with Crippen molar-refractivity contribution in [3.05, 3.63) is 10.6 Å². The Morgan fingerprint density at radius 3 is 2.68 bits per heavy atom. The van der Waals surface area contributed by atoms with Gasteiger partial charge in [0, 0.05) is 6.54 Å². The van der Waals surface area contributed by atoms with Gasteiger partial charge in [-0.2, -0.15) is 13.2 Å². The number of hydrogen-bond donors (Lipinski definition) is 1. The molecule has 0 bridgehead atoms. The summed E-state index contributed by atoms with van der Waals surface area (Å²) in [7, 11) is 0. The van der Waals surface area contributed by atoms with E-state index in [4.69, 9.17) is 5.11 Å². The number of aliphatic hydroxyl groups is 1. The van der Waals surface area contributed by atoms with Crippen LogP contribution >= 0.6 is 11.5 Å². The summed E-state index contributed by atoms with van der Waals surface area (Å²) in [5.41, 5.74) is 0.405. The molecule has 0 aliphatic rings. The third kappa shape index (κ3) is 4.75. The van der Waals surface area contributed by atoms with Crippen molar-refractivity contribution in [3.63, 3.8) is 0 Å². The van der Waals surface area contributed by atoms with Gasteiger partial charge in [0.15, 0.2) is 0 Å². The average Bonchev–Trinajstić information content (AvgIpc) is 2.74. The largest absolute Gasteiger partial charge is 0.406 e. The Kier molecular flexibility index (Phi) is 5.67. The van der Waals surface area contributed by atoms with Crippen LogP contribution in [0.25, 0.3) is 0 Å². The van der Waals surface area contributed by atoms with Gasteiger partial charge in [0.05, 0.1) is 12.3 Å². The average molecular weight is 297 g/mol. The fourth-order valence-corrected chi connectivity index (χ4v) is 2.18. The fraction of sp³-hybridized carbons (Fsp3) is 0.700. The first-order chi connectivity index (χ1) is 8.89. The molecule has 0 unspecified atom stereocenters. The number of amides is 1. The number of aryl methyl sites for hydroxylation is 1. The summed E-state index contributed by atoms with van der Waals surface area (Å²) in [6, 6.07) is 0. The van der Waals surface area contributed by atoms with Crippen LogP contribution in [0.1, 0.15) is 28.7 Å². The molecule has 1 rings (SSSR count). The van der Waals surface area contributed by atoms with Crippen molar-refractivity contribution < 1.29 is 23.1 Å². The second-order valence-electron chi connectivity index (χ2n) is 3.86. The van der Waals surface area contributed by atoms with Gasteiger partial charge in [0.2, 0.25) is 0 Å². The van der Waals surface area contributed by atoms with Crippen LogP contribution < -0.4 is 0 Å². The summed E-state index contributed by atoms with van der Waals surface area (Å²) >= 11 is 0.776. The van der Waals surface area contributed by atoms with E-state index in [2.05, 4.69) is 9.59 Å². The number of alkyl halides is 3. The zero-order valence-corrected chi connectivity index (χ0v) is 11.1. The van der Waals surface area contributed by atoms with Gasteiger partial charge in [-0.1, -0.05) is 17.8 Å². The van der Waals surface area contributed by atoms with Crippen LogP contribution in [0.15, 0.2) is 0 Å². The molecule has 1 amide bonds. The monoisotopic (exact) mass is 297 g/mol. The molecule has 108 valence electrons. The van der Waals surface area contributed by atoms with E-state index < -0.39 is 25.2 Å². The highest BCUT2D eigenvalue weighted by molar-refractivity contribution is 7.08. The number of carbonyl (C=O) groups excluding carboxylic acids is 1. The lowest BCUT2D eigenvalue weighted by atomic mass is 10.2. The molecule has 5 nitrogen and oxygen atoms in total. The highest BCUT2D eigenvalue weighted by Crippen LogP contribution is 2.20. The molecule has 0 radical (unpaired) electrons. The van der Waals surface area contributed by atoms with Crippen molar-refractivity contribution in [3.8, 4) is 0 Å². The van der Waals surface area contributed by atoms with Gasteiger partial charge in [0.1, 0.15) is 11.4 Å². The molecule has 0 aliphatic heterocycles. The summed E-state index contributed by atoms with van der Waals surface area (Å²) in [6.45, 7) is -0.427. The third-order valence-electron chi connectivity index (χ3n) is 2.26. The van der Waals surface area contributed by atoms with Crippen molar-refractivity contribution in [2.45, 2.75) is 25.9 Å². The van der Waals surface area contributed by atoms with E-state index in [1.807, 2.05) is 6.92 Å². The van der Waals surface area contributed by atoms with Crippen molar-refractivity contribution in [2.24, 2.45) is 0 Å². The van der Waals surface area contributed by atoms with Gasteiger partial charge < -0.3 is 10.0 Å². The first-order valence-corrected chi connectivity index (χ1v) is 6.44.